The summed E-state index contributed by atoms with van der Waals surface area (Å²) < 4.78 is 17.5. The summed E-state index contributed by atoms with van der Waals surface area (Å²) in [4.78, 5) is 43.1. The Morgan fingerprint density at radius 1 is 1.00 bits per heavy atom. The Labute approximate surface area is 171 Å². The summed E-state index contributed by atoms with van der Waals surface area (Å²) in [6, 6.07) is 13.4. The molecule has 0 bridgehead atoms. The molecule has 0 radical (unpaired) electrons. The van der Waals surface area contributed by atoms with E-state index in [1.165, 1.54) is 50.6 Å². The van der Waals surface area contributed by atoms with Gasteiger partial charge in [0.2, 0.25) is 0 Å². The molecular weight excluding hydrogens is 407 g/mol. The molecule has 0 aliphatic heterocycles. The van der Waals surface area contributed by atoms with Gasteiger partial charge >= 0.3 is 5.69 Å². The van der Waals surface area contributed by atoms with Gasteiger partial charge in [0.15, 0.2) is 0 Å². The third-order valence-electron chi connectivity index (χ3n) is 4.78. The topological polar surface area (TPSA) is 78.4 Å². The highest BCUT2D eigenvalue weighted by Gasteiger charge is 2.17. The zero-order chi connectivity index (χ0) is 20.8. The van der Waals surface area contributed by atoms with Crippen LogP contribution in [-0.4, -0.2) is 18.5 Å². The van der Waals surface area contributed by atoms with Crippen molar-refractivity contribution < 1.29 is 4.39 Å². The van der Waals surface area contributed by atoms with E-state index < -0.39 is 17.1 Å². The van der Waals surface area contributed by atoms with Crippen molar-refractivity contribution in [1.29, 1.82) is 0 Å². The maximum absolute atomic E-state index is 13.3. The lowest BCUT2D eigenvalue weighted by molar-refractivity contribution is 0.626. The second-order valence-corrected chi connectivity index (χ2v) is 7.55. The van der Waals surface area contributed by atoms with Gasteiger partial charge in [-0.1, -0.05) is 6.07 Å². The predicted octanol–water partition coefficient (Wildman–Crippen LogP) is 2.41. The molecule has 0 unspecified atom stereocenters. The third-order valence-corrected chi connectivity index (χ3v) is 5.68. The molecule has 5 rings (SSSR count). The normalized spacial score (nSPS) is 11.4. The summed E-state index contributed by atoms with van der Waals surface area (Å²) in [6.07, 6.45) is 1.62. The van der Waals surface area contributed by atoms with E-state index in [1.807, 2.05) is 0 Å². The lowest BCUT2D eigenvalue weighted by Gasteiger charge is -2.12. The third kappa shape index (κ3) is 2.87. The van der Waals surface area contributed by atoms with Gasteiger partial charge in [-0.15, -0.1) is 11.3 Å². The van der Waals surface area contributed by atoms with Gasteiger partial charge in [0.05, 0.1) is 23.4 Å². The number of nitrogens with zero attached hydrogens (tertiary/aromatic N) is 4. The van der Waals surface area contributed by atoms with Crippen molar-refractivity contribution in [3.63, 3.8) is 0 Å². The molecule has 0 aliphatic carbocycles. The fourth-order valence-electron chi connectivity index (χ4n) is 3.40. The number of hydrogen-bond donors (Lipinski definition) is 0. The molecule has 5 aromatic rings. The molecule has 0 fully saturated rings. The summed E-state index contributed by atoms with van der Waals surface area (Å²) in [7, 11) is 0. The summed E-state index contributed by atoms with van der Waals surface area (Å²) in [5.41, 5.74) is 0.251. The number of benzene rings is 1. The molecular formula is C21H13FN4O3S. The molecule has 0 spiro atoms. The first-order valence-corrected chi connectivity index (χ1v) is 9.87. The standard InChI is InChI=1S/C21H13FN4O3S/c22-13-4-6-15(7-5-13)26-20(28)19-16(8-10-30-19)25(21(26)29)12-14-11-18(27)24-9-2-1-3-17(24)23-14/h1-11H,12H2. The second-order valence-electron chi connectivity index (χ2n) is 6.64. The van der Waals surface area contributed by atoms with E-state index >= 15 is 0 Å². The SMILES string of the molecule is O=c1c2sccc2n(Cc2cc(=O)n3ccccc3n2)c(=O)n1-c1ccc(F)cc1. The maximum Gasteiger partial charge on any atom is 0.336 e. The predicted molar refractivity (Wildman–Crippen MR) is 112 cm³/mol. The van der Waals surface area contributed by atoms with Crippen molar-refractivity contribution in [3.8, 4) is 5.69 Å². The highest BCUT2D eigenvalue weighted by atomic mass is 32.1. The number of hydrogen-bond acceptors (Lipinski definition) is 5. The number of halogens is 1. The zero-order valence-corrected chi connectivity index (χ0v) is 16.2. The van der Waals surface area contributed by atoms with Crippen molar-refractivity contribution >= 4 is 27.2 Å². The van der Waals surface area contributed by atoms with Crippen molar-refractivity contribution in [3.05, 3.63) is 109 Å². The Hall–Kier alpha value is -3.85. The first kappa shape index (κ1) is 18.2. The van der Waals surface area contributed by atoms with E-state index in [9.17, 15) is 18.8 Å². The zero-order valence-electron chi connectivity index (χ0n) is 15.4. The number of aromatic nitrogens is 4. The fourth-order valence-corrected chi connectivity index (χ4v) is 4.23. The van der Waals surface area contributed by atoms with Crippen LogP contribution in [0.5, 0.6) is 0 Å². The Kier molecular flexibility index (Phi) is 4.18. The monoisotopic (exact) mass is 420 g/mol. The highest BCUT2D eigenvalue weighted by Crippen LogP contribution is 2.17. The second kappa shape index (κ2) is 6.89. The van der Waals surface area contributed by atoms with Crippen LogP contribution in [0.15, 0.2) is 80.6 Å². The first-order valence-electron chi connectivity index (χ1n) is 8.99. The molecule has 0 saturated heterocycles. The Morgan fingerprint density at radius 3 is 2.60 bits per heavy atom. The van der Waals surface area contributed by atoms with Gasteiger partial charge in [0.25, 0.3) is 11.1 Å². The lowest BCUT2D eigenvalue weighted by Crippen LogP contribution is -2.39. The maximum atomic E-state index is 13.3. The number of fused-ring (bicyclic) bond motifs is 2. The van der Waals surface area contributed by atoms with Crippen molar-refractivity contribution in [2.45, 2.75) is 6.54 Å². The molecule has 1 aromatic carbocycles. The van der Waals surface area contributed by atoms with Crippen LogP contribution >= 0.6 is 11.3 Å². The first-order chi connectivity index (χ1) is 14.5. The van der Waals surface area contributed by atoms with E-state index in [0.29, 0.717) is 21.6 Å². The number of rotatable bonds is 3. The van der Waals surface area contributed by atoms with Crippen LogP contribution in [-0.2, 0) is 6.54 Å². The molecule has 4 heterocycles. The van der Waals surface area contributed by atoms with Crippen LogP contribution in [0.3, 0.4) is 0 Å². The van der Waals surface area contributed by atoms with Crippen molar-refractivity contribution in [1.82, 2.24) is 18.5 Å². The molecule has 0 aliphatic rings. The van der Waals surface area contributed by atoms with E-state index in [0.717, 1.165) is 4.57 Å². The van der Waals surface area contributed by atoms with E-state index in [2.05, 4.69) is 4.98 Å². The van der Waals surface area contributed by atoms with Gasteiger partial charge in [-0.05, 0) is 47.8 Å². The number of thiophene rings is 1. The van der Waals surface area contributed by atoms with Crippen LogP contribution in [0, 0.1) is 5.82 Å². The molecule has 4 aromatic heterocycles. The van der Waals surface area contributed by atoms with Gasteiger partial charge in [0.1, 0.15) is 16.2 Å². The van der Waals surface area contributed by atoms with Crippen LogP contribution in [0.4, 0.5) is 4.39 Å². The van der Waals surface area contributed by atoms with Crippen LogP contribution < -0.4 is 16.8 Å². The molecule has 30 heavy (non-hydrogen) atoms. The Bertz CT molecular complexity index is 1600. The average molecular weight is 420 g/mol. The van der Waals surface area contributed by atoms with Crippen LogP contribution in [0.1, 0.15) is 5.69 Å². The minimum Gasteiger partial charge on any atom is -0.286 e. The largest absolute Gasteiger partial charge is 0.336 e. The summed E-state index contributed by atoms with van der Waals surface area (Å²) in [5.74, 6) is -0.467. The van der Waals surface area contributed by atoms with E-state index in [-0.39, 0.29) is 17.8 Å². The van der Waals surface area contributed by atoms with Crippen LogP contribution in [0.25, 0.3) is 21.6 Å². The number of pyridine rings is 1. The summed E-state index contributed by atoms with van der Waals surface area (Å²) in [5, 5.41) is 1.72. The highest BCUT2D eigenvalue weighted by molar-refractivity contribution is 7.17. The Morgan fingerprint density at radius 2 is 1.80 bits per heavy atom. The lowest BCUT2D eigenvalue weighted by atomic mass is 10.3. The van der Waals surface area contributed by atoms with Gasteiger partial charge in [-0.25, -0.2) is 18.7 Å². The fraction of sp³-hybridized carbons (Fsp3) is 0.0476. The van der Waals surface area contributed by atoms with E-state index in [4.69, 9.17) is 0 Å². The minimum absolute atomic E-state index is 0.00811. The Balaban J connectivity index is 1.75. The van der Waals surface area contributed by atoms with Gasteiger partial charge in [-0.2, -0.15) is 0 Å². The molecule has 9 heteroatoms. The van der Waals surface area contributed by atoms with Crippen LogP contribution in [0.2, 0.25) is 0 Å². The van der Waals surface area contributed by atoms with Gasteiger partial charge < -0.3 is 0 Å². The smallest absolute Gasteiger partial charge is 0.286 e. The minimum atomic E-state index is -0.590. The molecule has 0 amide bonds. The summed E-state index contributed by atoms with van der Waals surface area (Å²) in [6.45, 7) is 0.00811. The van der Waals surface area contributed by atoms with Crippen molar-refractivity contribution in [2.75, 3.05) is 0 Å². The molecule has 148 valence electrons. The summed E-state index contributed by atoms with van der Waals surface area (Å²) >= 11 is 1.21. The van der Waals surface area contributed by atoms with Gasteiger partial charge in [0, 0.05) is 12.3 Å². The molecule has 7 nitrogen and oxygen atoms in total. The molecule has 0 saturated carbocycles. The van der Waals surface area contributed by atoms with Gasteiger partial charge in [-0.3, -0.25) is 18.6 Å². The van der Waals surface area contributed by atoms with E-state index in [1.54, 1.807) is 35.8 Å². The van der Waals surface area contributed by atoms with Crippen molar-refractivity contribution in [2.24, 2.45) is 0 Å². The molecule has 0 N–H and O–H groups in total. The quantitative estimate of drug-likeness (QED) is 0.449. The molecule has 0 atom stereocenters. The average Bonchev–Trinajstić information content (AvgIpc) is 3.23.